The number of rotatable bonds is 6. The maximum atomic E-state index is 12.1. The van der Waals surface area contributed by atoms with Crippen LogP contribution in [0.2, 0.25) is 0 Å². The highest BCUT2D eigenvalue weighted by Gasteiger charge is 2.16. The number of carbonyl (C=O) groups is 1. The minimum atomic E-state index is -0.471. The molecule has 0 aliphatic rings. The van der Waals surface area contributed by atoms with Crippen molar-refractivity contribution in [1.29, 1.82) is 0 Å². The van der Waals surface area contributed by atoms with Crippen LogP contribution in [0, 0.1) is 0 Å². The molecule has 112 valence electrons. The van der Waals surface area contributed by atoms with E-state index in [1.165, 1.54) is 4.90 Å². The van der Waals surface area contributed by atoms with E-state index >= 15 is 0 Å². The van der Waals surface area contributed by atoms with Crippen LogP contribution in [0.3, 0.4) is 0 Å². The van der Waals surface area contributed by atoms with Gasteiger partial charge >= 0.3 is 11.6 Å². The number of anilines is 1. The fourth-order valence-electron chi connectivity index (χ4n) is 2.13. The highest BCUT2D eigenvalue weighted by atomic mass is 16.4. The largest absolute Gasteiger partial charge is 0.388 e. The van der Waals surface area contributed by atoms with E-state index in [2.05, 4.69) is 11.9 Å². The van der Waals surface area contributed by atoms with Gasteiger partial charge in [0.25, 0.3) is 0 Å². The molecule has 0 atom stereocenters. The number of aromatic nitrogens is 1. The van der Waals surface area contributed by atoms with Crippen LogP contribution in [-0.4, -0.2) is 17.9 Å². The Kier molecular flexibility index (Phi) is 5.09. The molecule has 2 rings (SSSR count). The Bertz CT molecular complexity index is 679. The second-order valence-corrected chi connectivity index (χ2v) is 5.06. The van der Waals surface area contributed by atoms with Crippen LogP contribution in [0.25, 0.3) is 10.9 Å². The van der Waals surface area contributed by atoms with Gasteiger partial charge in [-0.25, -0.2) is 4.79 Å². The lowest BCUT2D eigenvalue weighted by Gasteiger charge is -2.14. The molecule has 0 fully saturated rings. The Morgan fingerprint density at radius 3 is 2.76 bits per heavy atom. The van der Waals surface area contributed by atoms with Gasteiger partial charge in [0.05, 0.1) is 10.9 Å². The topological polar surface area (TPSA) is 63.4 Å². The second kappa shape index (κ2) is 7.02. The molecule has 0 spiro atoms. The van der Waals surface area contributed by atoms with Gasteiger partial charge in [-0.05, 0) is 18.6 Å². The van der Waals surface area contributed by atoms with Crippen molar-refractivity contribution >= 4 is 22.8 Å². The van der Waals surface area contributed by atoms with Gasteiger partial charge in [0.15, 0.2) is 0 Å². The average Bonchev–Trinajstić information content (AvgIpc) is 2.50. The number of carbonyl (C=O) groups excluding carboxylic acids is 1. The quantitative estimate of drug-likeness (QED) is 0.766. The molecular weight excluding hydrogens is 268 g/mol. The smallest absolute Gasteiger partial charge is 0.348 e. The van der Waals surface area contributed by atoms with E-state index in [0.717, 1.165) is 25.7 Å². The van der Waals surface area contributed by atoms with E-state index in [0.29, 0.717) is 17.3 Å². The number of nitrogens with zero attached hydrogens (tertiary/aromatic N) is 2. The molecule has 0 N–H and O–H groups in total. The third-order valence-corrected chi connectivity index (χ3v) is 3.43. The summed E-state index contributed by atoms with van der Waals surface area (Å²) in [5, 5.41) is 0.421. The van der Waals surface area contributed by atoms with Crippen LogP contribution in [0.15, 0.2) is 33.5 Å². The van der Waals surface area contributed by atoms with E-state index in [1.807, 2.05) is 0 Å². The van der Waals surface area contributed by atoms with Gasteiger partial charge in [-0.15, -0.1) is 0 Å². The molecule has 21 heavy (non-hydrogen) atoms. The average molecular weight is 288 g/mol. The minimum Gasteiger partial charge on any atom is -0.388 e. The van der Waals surface area contributed by atoms with E-state index < -0.39 is 5.63 Å². The summed E-state index contributed by atoms with van der Waals surface area (Å²) in [5.41, 5.74) is 0.0654. The molecule has 5 nitrogen and oxygen atoms in total. The van der Waals surface area contributed by atoms with Crippen molar-refractivity contribution in [3.63, 3.8) is 0 Å². The Balaban J connectivity index is 2.13. The molecule has 0 saturated carbocycles. The summed E-state index contributed by atoms with van der Waals surface area (Å²) in [6.07, 6.45) is 4.57. The summed E-state index contributed by atoms with van der Waals surface area (Å²) < 4.78 is 5.14. The lowest BCUT2D eigenvalue weighted by Crippen LogP contribution is -2.27. The van der Waals surface area contributed by atoms with Gasteiger partial charge in [0.2, 0.25) is 5.91 Å². The number of benzene rings is 1. The van der Waals surface area contributed by atoms with Gasteiger partial charge in [-0.3, -0.25) is 9.69 Å². The predicted octanol–water partition coefficient (Wildman–Crippen LogP) is 3.12. The monoisotopic (exact) mass is 288 g/mol. The first kappa shape index (κ1) is 15.2. The predicted molar refractivity (Wildman–Crippen MR) is 82.4 cm³/mol. The third kappa shape index (κ3) is 3.68. The lowest BCUT2D eigenvalue weighted by atomic mass is 10.1. The second-order valence-electron chi connectivity index (χ2n) is 5.06. The number of para-hydroxylation sites is 1. The summed E-state index contributed by atoms with van der Waals surface area (Å²) in [6.45, 7) is 2.13. The number of unbranched alkanes of at least 4 members (excludes halogenated alkanes) is 3. The van der Waals surface area contributed by atoms with E-state index in [-0.39, 0.29) is 11.9 Å². The summed E-state index contributed by atoms with van der Waals surface area (Å²) in [6, 6.07) is 6.99. The third-order valence-electron chi connectivity index (χ3n) is 3.43. The number of hydrogen-bond acceptors (Lipinski definition) is 4. The Labute approximate surface area is 123 Å². The van der Waals surface area contributed by atoms with Crippen molar-refractivity contribution in [1.82, 2.24) is 4.98 Å². The molecule has 1 heterocycles. The van der Waals surface area contributed by atoms with Crippen LogP contribution in [0.5, 0.6) is 0 Å². The zero-order valence-corrected chi connectivity index (χ0v) is 12.5. The summed E-state index contributed by atoms with van der Waals surface area (Å²) >= 11 is 0. The Hall–Kier alpha value is -2.17. The normalized spacial score (nSPS) is 10.8. The zero-order chi connectivity index (χ0) is 15.2. The molecule has 0 radical (unpaired) electrons. The molecule has 0 bridgehead atoms. The summed E-state index contributed by atoms with van der Waals surface area (Å²) in [4.78, 5) is 29.5. The molecule has 1 amide bonds. The first-order chi connectivity index (χ1) is 10.1. The maximum absolute atomic E-state index is 12.1. The van der Waals surface area contributed by atoms with Crippen molar-refractivity contribution in [2.75, 3.05) is 11.9 Å². The number of hydrogen-bond donors (Lipinski definition) is 0. The molecule has 0 unspecified atom stereocenters. The van der Waals surface area contributed by atoms with Crippen molar-refractivity contribution in [2.45, 2.75) is 39.0 Å². The van der Waals surface area contributed by atoms with Gasteiger partial charge in [0.1, 0.15) is 0 Å². The molecular formula is C16H20N2O3. The van der Waals surface area contributed by atoms with Crippen LogP contribution in [0.1, 0.15) is 39.0 Å². The summed E-state index contributed by atoms with van der Waals surface area (Å²) in [5.74, 6) is -0.0861. The fourth-order valence-corrected chi connectivity index (χ4v) is 2.13. The molecule has 0 aliphatic carbocycles. The van der Waals surface area contributed by atoms with Crippen LogP contribution in [-0.2, 0) is 4.79 Å². The lowest BCUT2D eigenvalue weighted by molar-refractivity contribution is -0.118. The molecule has 1 aromatic carbocycles. The van der Waals surface area contributed by atoms with Crippen LogP contribution in [0.4, 0.5) is 6.01 Å². The van der Waals surface area contributed by atoms with Crippen molar-refractivity contribution in [3.8, 4) is 0 Å². The summed E-state index contributed by atoms with van der Waals surface area (Å²) in [7, 11) is 1.59. The van der Waals surface area contributed by atoms with Gasteiger partial charge in [-0.2, -0.15) is 4.98 Å². The highest BCUT2D eigenvalue weighted by Crippen LogP contribution is 2.14. The number of amides is 1. The van der Waals surface area contributed by atoms with Gasteiger partial charge in [0, 0.05) is 13.5 Å². The highest BCUT2D eigenvalue weighted by molar-refractivity contribution is 5.91. The van der Waals surface area contributed by atoms with Crippen LogP contribution >= 0.6 is 0 Å². The number of fused-ring (bicyclic) bond motifs is 1. The molecule has 0 saturated heterocycles. The first-order valence-electron chi connectivity index (χ1n) is 7.30. The standard InChI is InChI=1S/C16H20N2O3/c1-3-4-5-6-11-14(19)18(2)16-17-13-10-8-7-9-12(13)15(20)21-16/h7-10H,3-6,11H2,1-2H3. The van der Waals surface area contributed by atoms with Crippen molar-refractivity contribution in [3.05, 3.63) is 34.7 Å². The first-order valence-corrected chi connectivity index (χ1v) is 7.30. The Morgan fingerprint density at radius 1 is 1.24 bits per heavy atom. The van der Waals surface area contributed by atoms with Gasteiger partial charge in [-0.1, -0.05) is 38.3 Å². The van der Waals surface area contributed by atoms with E-state index in [9.17, 15) is 9.59 Å². The van der Waals surface area contributed by atoms with Crippen molar-refractivity contribution < 1.29 is 9.21 Å². The molecule has 1 aromatic heterocycles. The minimum absolute atomic E-state index is 0.0548. The molecule has 2 aromatic rings. The maximum Gasteiger partial charge on any atom is 0.348 e. The zero-order valence-electron chi connectivity index (χ0n) is 12.5. The molecule has 5 heteroatoms. The van der Waals surface area contributed by atoms with E-state index in [4.69, 9.17) is 4.42 Å². The Morgan fingerprint density at radius 2 is 2.00 bits per heavy atom. The fraction of sp³-hybridized carbons (Fsp3) is 0.438. The SMILES string of the molecule is CCCCCCC(=O)N(C)c1nc2ccccc2c(=O)o1. The van der Waals surface area contributed by atoms with Gasteiger partial charge < -0.3 is 4.42 Å². The van der Waals surface area contributed by atoms with Crippen molar-refractivity contribution in [2.24, 2.45) is 0 Å². The van der Waals surface area contributed by atoms with E-state index in [1.54, 1.807) is 31.3 Å². The van der Waals surface area contributed by atoms with Crippen LogP contribution < -0.4 is 10.5 Å². The molecule has 0 aliphatic heterocycles.